The maximum atomic E-state index is 13.6. The summed E-state index contributed by atoms with van der Waals surface area (Å²) >= 11 is 6.27. The first-order chi connectivity index (χ1) is 16.8. The van der Waals surface area contributed by atoms with Crippen molar-refractivity contribution in [2.75, 3.05) is 39.4 Å². The van der Waals surface area contributed by atoms with Crippen LogP contribution in [0.15, 0.2) is 45.6 Å². The zero-order valence-corrected chi connectivity index (χ0v) is 19.9. The van der Waals surface area contributed by atoms with Gasteiger partial charge in [-0.1, -0.05) is 23.7 Å². The number of halogens is 1. The number of nitro groups is 1. The molecule has 0 saturated carbocycles. The summed E-state index contributed by atoms with van der Waals surface area (Å²) in [6, 6.07) is 8.46. The van der Waals surface area contributed by atoms with Crippen LogP contribution in [0.4, 0.5) is 5.69 Å². The summed E-state index contributed by atoms with van der Waals surface area (Å²) in [5.74, 6) is -0.419. The predicted molar refractivity (Wildman–Crippen MR) is 130 cm³/mol. The molecule has 9 nitrogen and oxygen atoms in total. The van der Waals surface area contributed by atoms with Gasteiger partial charge in [-0.2, -0.15) is 0 Å². The predicted octanol–water partition coefficient (Wildman–Crippen LogP) is 3.93. The highest BCUT2D eigenvalue weighted by molar-refractivity contribution is 6.32. The first-order valence-corrected chi connectivity index (χ1v) is 11.8. The molecule has 2 aromatic carbocycles. The molecule has 1 saturated heterocycles. The van der Waals surface area contributed by atoms with Gasteiger partial charge < -0.3 is 14.1 Å². The van der Waals surface area contributed by atoms with Crippen LogP contribution in [-0.4, -0.2) is 60.0 Å². The van der Waals surface area contributed by atoms with E-state index >= 15 is 0 Å². The molecule has 2 aliphatic heterocycles. The number of ether oxygens (including phenoxy) is 1. The van der Waals surface area contributed by atoms with Gasteiger partial charge in [0.2, 0.25) is 5.76 Å². The van der Waals surface area contributed by atoms with Crippen molar-refractivity contribution in [2.45, 2.75) is 19.4 Å². The molecule has 0 N–H and O–H groups in total. The standard InChI is InChI=1S/C25H24ClN3O6/c1-15-12-20-18(14-19(15)26)23(30)21-22(16-4-2-5-17(13-16)29(32)33)28(25(31)24(21)35-20)7-3-6-27-8-10-34-11-9-27/h2,4-5,12-14,22H,3,6-11H2,1H3. The molecule has 3 heterocycles. The molecule has 35 heavy (non-hydrogen) atoms. The molecule has 0 spiro atoms. The van der Waals surface area contributed by atoms with Gasteiger partial charge in [0, 0.05) is 43.3 Å². The van der Waals surface area contributed by atoms with Crippen LogP contribution >= 0.6 is 11.6 Å². The minimum absolute atomic E-state index is 0.0212. The number of amides is 1. The van der Waals surface area contributed by atoms with Crippen LogP contribution in [0.5, 0.6) is 0 Å². The summed E-state index contributed by atoms with van der Waals surface area (Å²) in [5, 5.41) is 12.1. The first kappa shape index (κ1) is 23.5. The van der Waals surface area contributed by atoms with Crippen molar-refractivity contribution < 1.29 is 18.9 Å². The fourth-order valence-corrected chi connectivity index (χ4v) is 4.98. The van der Waals surface area contributed by atoms with Crippen molar-refractivity contribution in [3.63, 3.8) is 0 Å². The monoisotopic (exact) mass is 497 g/mol. The van der Waals surface area contributed by atoms with Crippen molar-refractivity contribution in [1.82, 2.24) is 9.80 Å². The average molecular weight is 498 g/mol. The van der Waals surface area contributed by atoms with Crippen LogP contribution in [0.1, 0.15) is 39.7 Å². The van der Waals surface area contributed by atoms with E-state index in [0.717, 1.165) is 25.2 Å². The van der Waals surface area contributed by atoms with E-state index in [0.29, 0.717) is 36.8 Å². The van der Waals surface area contributed by atoms with E-state index in [1.165, 1.54) is 12.1 Å². The third-order valence-electron chi connectivity index (χ3n) is 6.62. The molecular weight excluding hydrogens is 474 g/mol. The van der Waals surface area contributed by atoms with Gasteiger partial charge in [0.25, 0.3) is 11.6 Å². The number of fused-ring (bicyclic) bond motifs is 2. The minimum Gasteiger partial charge on any atom is -0.450 e. The van der Waals surface area contributed by atoms with E-state index in [4.69, 9.17) is 20.8 Å². The number of carbonyl (C=O) groups excluding carboxylic acids is 1. The third kappa shape index (κ3) is 4.31. The SMILES string of the molecule is Cc1cc2oc3c(c(=O)c2cc1Cl)C(c1cccc([N+](=O)[O-])c1)N(CCCN1CCOCC1)C3=O. The van der Waals surface area contributed by atoms with Crippen molar-refractivity contribution in [3.05, 3.63) is 84.2 Å². The molecule has 1 fully saturated rings. The lowest BCUT2D eigenvalue weighted by Gasteiger charge is -2.29. The molecule has 0 aliphatic carbocycles. The normalized spacial score (nSPS) is 18.3. The van der Waals surface area contributed by atoms with Crippen molar-refractivity contribution in [2.24, 2.45) is 0 Å². The van der Waals surface area contributed by atoms with Crippen LogP contribution < -0.4 is 5.43 Å². The number of nitro benzene ring substituents is 1. The Kier molecular flexibility index (Phi) is 6.31. The Labute approximate surface area is 206 Å². The molecule has 2 aliphatic rings. The van der Waals surface area contributed by atoms with E-state index in [1.54, 1.807) is 36.1 Å². The maximum Gasteiger partial charge on any atom is 0.290 e. The fourth-order valence-electron chi connectivity index (χ4n) is 4.82. The molecule has 0 radical (unpaired) electrons. The average Bonchev–Trinajstić information content (AvgIpc) is 3.13. The molecule has 0 bridgehead atoms. The topological polar surface area (TPSA) is 106 Å². The molecule has 3 aromatic rings. The van der Waals surface area contributed by atoms with E-state index < -0.39 is 16.9 Å². The Morgan fingerprint density at radius 3 is 2.66 bits per heavy atom. The van der Waals surface area contributed by atoms with Crippen LogP contribution in [-0.2, 0) is 4.74 Å². The zero-order chi connectivity index (χ0) is 24.7. The number of hydrogen-bond acceptors (Lipinski definition) is 7. The number of aryl methyl sites for hydroxylation is 1. The van der Waals surface area contributed by atoms with Gasteiger partial charge in [0.15, 0.2) is 5.43 Å². The molecule has 1 amide bonds. The second-order valence-corrected chi connectivity index (χ2v) is 9.24. The Morgan fingerprint density at radius 1 is 1.14 bits per heavy atom. The van der Waals surface area contributed by atoms with Gasteiger partial charge in [-0.3, -0.25) is 24.6 Å². The van der Waals surface area contributed by atoms with Gasteiger partial charge in [-0.05, 0) is 36.6 Å². The van der Waals surface area contributed by atoms with Crippen LogP contribution in [0.3, 0.4) is 0 Å². The van der Waals surface area contributed by atoms with Crippen LogP contribution in [0.2, 0.25) is 5.02 Å². The van der Waals surface area contributed by atoms with E-state index in [9.17, 15) is 19.7 Å². The molecule has 1 unspecified atom stereocenters. The Morgan fingerprint density at radius 2 is 1.91 bits per heavy atom. The summed E-state index contributed by atoms with van der Waals surface area (Å²) in [7, 11) is 0. The Balaban J connectivity index is 1.58. The summed E-state index contributed by atoms with van der Waals surface area (Å²) in [4.78, 5) is 42.0. The van der Waals surface area contributed by atoms with E-state index in [1.807, 2.05) is 0 Å². The number of morpholine rings is 1. The summed E-state index contributed by atoms with van der Waals surface area (Å²) in [6.45, 7) is 5.93. The number of benzene rings is 2. The number of nitrogens with zero attached hydrogens (tertiary/aromatic N) is 3. The van der Waals surface area contributed by atoms with Gasteiger partial charge in [-0.15, -0.1) is 0 Å². The minimum atomic E-state index is -0.789. The molecule has 182 valence electrons. The quantitative estimate of drug-likeness (QED) is 0.375. The van der Waals surface area contributed by atoms with Crippen LogP contribution in [0.25, 0.3) is 11.0 Å². The number of hydrogen-bond donors (Lipinski definition) is 0. The van der Waals surface area contributed by atoms with Gasteiger partial charge in [0.05, 0.1) is 35.1 Å². The zero-order valence-electron chi connectivity index (χ0n) is 19.2. The molecule has 1 aromatic heterocycles. The number of carbonyl (C=O) groups is 1. The van der Waals surface area contributed by atoms with Crippen molar-refractivity contribution >= 4 is 34.2 Å². The smallest absolute Gasteiger partial charge is 0.290 e. The van der Waals surface area contributed by atoms with Gasteiger partial charge >= 0.3 is 0 Å². The Hall–Kier alpha value is -3.27. The van der Waals surface area contributed by atoms with Crippen molar-refractivity contribution in [3.8, 4) is 0 Å². The summed E-state index contributed by atoms with van der Waals surface area (Å²) in [5.41, 5.74) is 1.23. The third-order valence-corrected chi connectivity index (χ3v) is 7.03. The summed E-state index contributed by atoms with van der Waals surface area (Å²) < 4.78 is 11.4. The van der Waals surface area contributed by atoms with Gasteiger partial charge in [-0.25, -0.2) is 0 Å². The first-order valence-electron chi connectivity index (χ1n) is 11.5. The van der Waals surface area contributed by atoms with E-state index in [2.05, 4.69) is 4.90 Å². The lowest BCUT2D eigenvalue weighted by atomic mass is 9.97. The summed E-state index contributed by atoms with van der Waals surface area (Å²) in [6.07, 6.45) is 0.670. The van der Waals surface area contributed by atoms with Crippen LogP contribution in [0, 0.1) is 17.0 Å². The molecular formula is C25H24ClN3O6. The largest absolute Gasteiger partial charge is 0.450 e. The molecule has 1 atom stereocenters. The van der Waals surface area contributed by atoms with E-state index in [-0.39, 0.29) is 33.4 Å². The highest BCUT2D eigenvalue weighted by Gasteiger charge is 2.43. The maximum absolute atomic E-state index is 13.6. The number of non-ortho nitro benzene ring substituents is 1. The Bertz CT molecular complexity index is 1380. The second-order valence-electron chi connectivity index (χ2n) is 8.83. The second kappa shape index (κ2) is 9.41. The fraction of sp³-hybridized carbons (Fsp3) is 0.360. The van der Waals surface area contributed by atoms with Crippen molar-refractivity contribution in [1.29, 1.82) is 0 Å². The highest BCUT2D eigenvalue weighted by Crippen LogP contribution is 2.39. The molecule has 5 rings (SSSR count). The molecule has 10 heteroatoms. The lowest BCUT2D eigenvalue weighted by Crippen LogP contribution is -2.38. The lowest BCUT2D eigenvalue weighted by molar-refractivity contribution is -0.384. The number of rotatable bonds is 6. The van der Waals surface area contributed by atoms with Gasteiger partial charge in [0.1, 0.15) is 5.58 Å². The highest BCUT2D eigenvalue weighted by atomic mass is 35.5.